The molecule has 3 amide bonds. The van der Waals surface area contributed by atoms with Gasteiger partial charge >= 0.3 is 6.03 Å². The van der Waals surface area contributed by atoms with E-state index in [-0.39, 0.29) is 29.3 Å². The van der Waals surface area contributed by atoms with Crippen LogP contribution in [0.5, 0.6) is 11.5 Å². The highest BCUT2D eigenvalue weighted by Crippen LogP contribution is 2.40. The van der Waals surface area contributed by atoms with Crippen LogP contribution < -0.4 is 14.8 Å². The van der Waals surface area contributed by atoms with Gasteiger partial charge in [-0.05, 0) is 58.2 Å². The van der Waals surface area contributed by atoms with Crippen LogP contribution in [0.3, 0.4) is 0 Å². The quantitative estimate of drug-likeness (QED) is 0.816. The molecule has 1 aromatic rings. The van der Waals surface area contributed by atoms with Gasteiger partial charge < -0.3 is 24.6 Å². The minimum atomic E-state index is -0.338. The number of benzene rings is 1. The van der Waals surface area contributed by atoms with Crippen LogP contribution in [0.4, 0.5) is 4.79 Å². The fourth-order valence-corrected chi connectivity index (χ4v) is 4.41. The molecule has 0 saturated carbocycles. The lowest BCUT2D eigenvalue weighted by Gasteiger charge is -2.31. The fraction of sp³-hybridized carbons (Fsp3) is 0.652. The van der Waals surface area contributed by atoms with Gasteiger partial charge in [0.25, 0.3) is 0 Å². The van der Waals surface area contributed by atoms with Crippen molar-refractivity contribution >= 4 is 11.9 Å². The van der Waals surface area contributed by atoms with Gasteiger partial charge in [0.15, 0.2) is 0 Å². The predicted molar refractivity (Wildman–Crippen MR) is 116 cm³/mol. The van der Waals surface area contributed by atoms with Gasteiger partial charge in [-0.15, -0.1) is 0 Å². The van der Waals surface area contributed by atoms with E-state index >= 15 is 0 Å². The van der Waals surface area contributed by atoms with Crippen LogP contribution in [0.2, 0.25) is 0 Å². The number of carbonyl (C=O) groups excluding carboxylic acids is 2. The van der Waals surface area contributed by atoms with Crippen molar-refractivity contribution in [2.45, 2.75) is 51.5 Å². The van der Waals surface area contributed by atoms with Crippen molar-refractivity contribution < 1.29 is 19.1 Å². The maximum atomic E-state index is 13.5. The summed E-state index contributed by atoms with van der Waals surface area (Å²) in [5, 5.41) is 3.03. The largest absolute Gasteiger partial charge is 0.497 e. The van der Waals surface area contributed by atoms with Gasteiger partial charge in [-0.2, -0.15) is 0 Å². The van der Waals surface area contributed by atoms with Crippen molar-refractivity contribution in [3.8, 4) is 11.5 Å². The number of likely N-dealkylation sites (tertiary alicyclic amines) is 2. The van der Waals surface area contributed by atoms with E-state index in [0.29, 0.717) is 18.8 Å². The fourth-order valence-electron chi connectivity index (χ4n) is 4.41. The molecule has 0 bridgehead atoms. The molecule has 7 nitrogen and oxygen atoms in total. The molecule has 0 radical (unpaired) electrons. The first-order chi connectivity index (χ1) is 14.2. The molecule has 0 spiro atoms. The summed E-state index contributed by atoms with van der Waals surface area (Å²) in [6, 6.07) is 5.52. The zero-order valence-corrected chi connectivity index (χ0v) is 18.9. The van der Waals surface area contributed by atoms with E-state index in [2.05, 4.69) is 5.32 Å². The third-order valence-electron chi connectivity index (χ3n) is 5.91. The molecule has 2 atom stereocenters. The third kappa shape index (κ3) is 4.99. The molecule has 2 aliphatic heterocycles. The summed E-state index contributed by atoms with van der Waals surface area (Å²) in [7, 11) is 3.26. The number of methoxy groups -OCH3 is 2. The zero-order chi connectivity index (χ0) is 21.9. The van der Waals surface area contributed by atoms with Crippen molar-refractivity contribution in [1.82, 2.24) is 15.1 Å². The molecule has 30 heavy (non-hydrogen) atoms. The van der Waals surface area contributed by atoms with Gasteiger partial charge in [0.05, 0.1) is 20.1 Å². The lowest BCUT2D eigenvalue weighted by atomic mass is 9.86. The van der Waals surface area contributed by atoms with Gasteiger partial charge in [0.2, 0.25) is 5.91 Å². The maximum absolute atomic E-state index is 13.5. The third-order valence-corrected chi connectivity index (χ3v) is 5.91. The highest BCUT2D eigenvalue weighted by molar-refractivity contribution is 5.83. The molecule has 0 unspecified atom stereocenters. The average Bonchev–Trinajstić information content (AvgIpc) is 3.17. The van der Waals surface area contributed by atoms with E-state index < -0.39 is 0 Å². The second-order valence-electron chi connectivity index (χ2n) is 9.29. The Morgan fingerprint density at radius 3 is 2.30 bits per heavy atom. The van der Waals surface area contributed by atoms with Crippen molar-refractivity contribution in [2.75, 3.05) is 40.4 Å². The second kappa shape index (κ2) is 9.14. The Kier molecular flexibility index (Phi) is 6.78. The van der Waals surface area contributed by atoms with Gasteiger partial charge in [-0.3, -0.25) is 4.79 Å². The number of piperidine rings is 1. The lowest BCUT2D eigenvalue weighted by Crippen LogP contribution is -2.48. The van der Waals surface area contributed by atoms with Crippen LogP contribution in [-0.4, -0.2) is 67.7 Å². The van der Waals surface area contributed by atoms with Crippen LogP contribution in [-0.2, 0) is 4.79 Å². The average molecular weight is 418 g/mol. The van der Waals surface area contributed by atoms with E-state index in [4.69, 9.17) is 9.47 Å². The summed E-state index contributed by atoms with van der Waals surface area (Å²) in [6.07, 6.45) is 3.25. The lowest BCUT2D eigenvalue weighted by molar-refractivity contribution is -0.136. The Morgan fingerprint density at radius 2 is 1.70 bits per heavy atom. The van der Waals surface area contributed by atoms with E-state index in [9.17, 15) is 9.59 Å². The summed E-state index contributed by atoms with van der Waals surface area (Å²) >= 11 is 0. The number of hydrogen-bond acceptors (Lipinski definition) is 4. The minimum Gasteiger partial charge on any atom is -0.497 e. The molecular weight excluding hydrogens is 382 g/mol. The number of nitrogens with one attached hydrogen (secondary N) is 1. The van der Waals surface area contributed by atoms with Gasteiger partial charge in [-0.1, -0.05) is 0 Å². The summed E-state index contributed by atoms with van der Waals surface area (Å²) in [6.45, 7) is 8.34. The Balaban J connectivity index is 1.92. The number of rotatable bonds is 4. The first kappa shape index (κ1) is 22.2. The van der Waals surface area contributed by atoms with Crippen LogP contribution in [0.15, 0.2) is 18.2 Å². The first-order valence-corrected chi connectivity index (χ1v) is 10.8. The van der Waals surface area contributed by atoms with Crippen molar-refractivity contribution in [2.24, 2.45) is 5.92 Å². The smallest absolute Gasteiger partial charge is 0.317 e. The number of ether oxygens (including phenoxy) is 2. The normalized spacial score (nSPS) is 22.0. The summed E-state index contributed by atoms with van der Waals surface area (Å²) in [5.41, 5.74) is 0.577. The Bertz CT molecular complexity index is 768. The monoisotopic (exact) mass is 417 g/mol. The van der Waals surface area contributed by atoms with Crippen molar-refractivity contribution in [1.29, 1.82) is 0 Å². The van der Waals surface area contributed by atoms with Crippen molar-refractivity contribution in [3.05, 3.63) is 23.8 Å². The van der Waals surface area contributed by atoms with E-state index in [1.54, 1.807) is 19.1 Å². The molecule has 2 fully saturated rings. The number of nitrogens with zero attached hydrogens (tertiary/aromatic N) is 2. The van der Waals surface area contributed by atoms with Crippen LogP contribution in [0.25, 0.3) is 0 Å². The van der Waals surface area contributed by atoms with Crippen LogP contribution >= 0.6 is 0 Å². The molecule has 3 rings (SSSR count). The molecule has 2 aliphatic rings. The summed E-state index contributed by atoms with van der Waals surface area (Å²) in [4.78, 5) is 30.1. The van der Waals surface area contributed by atoms with E-state index in [1.807, 2.05) is 43.9 Å². The molecule has 166 valence electrons. The molecule has 1 aromatic carbocycles. The molecular formula is C23H35N3O4. The molecule has 2 saturated heterocycles. The SMILES string of the molecule is COc1ccc(OC)c([C@@H]2CN(C(=O)NC(C)(C)C)C[C@@H]2C(=O)N2CCCCC2)c1. The molecule has 0 aromatic heterocycles. The van der Waals surface area contributed by atoms with Gasteiger partial charge in [0, 0.05) is 43.2 Å². The topological polar surface area (TPSA) is 71.1 Å². The highest BCUT2D eigenvalue weighted by Gasteiger charge is 2.43. The second-order valence-corrected chi connectivity index (χ2v) is 9.29. The standard InChI is InChI=1S/C23H35N3O4/c1-23(2,3)24-22(28)26-14-18(17-13-16(29-4)9-10-20(17)30-5)19(15-26)21(27)25-11-7-6-8-12-25/h9-10,13,18-19H,6-8,11-12,14-15H2,1-5H3,(H,24,28)/t18-,19-/m0/s1. The molecule has 7 heteroatoms. The predicted octanol–water partition coefficient (Wildman–Crippen LogP) is 3.24. The van der Waals surface area contributed by atoms with E-state index in [1.165, 1.54) is 6.42 Å². The highest BCUT2D eigenvalue weighted by atomic mass is 16.5. The Morgan fingerprint density at radius 1 is 1.00 bits per heavy atom. The summed E-state index contributed by atoms with van der Waals surface area (Å²) < 4.78 is 11.0. The van der Waals surface area contributed by atoms with Crippen LogP contribution in [0, 0.1) is 5.92 Å². The maximum Gasteiger partial charge on any atom is 0.317 e. The van der Waals surface area contributed by atoms with Crippen molar-refractivity contribution in [3.63, 3.8) is 0 Å². The first-order valence-electron chi connectivity index (χ1n) is 10.8. The summed E-state index contributed by atoms with van der Waals surface area (Å²) in [5.74, 6) is 1.13. The van der Waals surface area contributed by atoms with E-state index in [0.717, 1.165) is 37.2 Å². The molecule has 0 aliphatic carbocycles. The van der Waals surface area contributed by atoms with Crippen LogP contribution in [0.1, 0.15) is 51.5 Å². The number of hydrogen-bond donors (Lipinski definition) is 1. The Hall–Kier alpha value is -2.44. The van der Waals surface area contributed by atoms with Gasteiger partial charge in [-0.25, -0.2) is 4.79 Å². The van der Waals surface area contributed by atoms with Gasteiger partial charge in [0.1, 0.15) is 11.5 Å². The minimum absolute atomic E-state index is 0.135. The number of urea groups is 1. The number of amides is 3. The number of carbonyl (C=O) groups is 2. The molecule has 2 heterocycles. The molecule has 1 N–H and O–H groups in total. The Labute approximate surface area is 179 Å². The zero-order valence-electron chi connectivity index (χ0n) is 18.9.